The van der Waals surface area contributed by atoms with Gasteiger partial charge in [0.2, 0.25) is 0 Å². The lowest BCUT2D eigenvalue weighted by Gasteiger charge is -2.25. The molecule has 3 rings (SSSR count). The first-order valence-corrected chi connectivity index (χ1v) is 11.5. The summed E-state index contributed by atoms with van der Waals surface area (Å²) in [7, 11) is -3.84. The fraction of sp³-hybridized carbons (Fsp3) is 0.364. The molecule has 1 N–H and O–H groups in total. The van der Waals surface area contributed by atoms with Gasteiger partial charge in [-0.05, 0) is 61.2 Å². The number of rotatable bonds is 8. The summed E-state index contributed by atoms with van der Waals surface area (Å²) in [4.78, 5) is 25.8. The number of aliphatic carboxylic acids is 1. The molecule has 0 radical (unpaired) electrons. The average Bonchev–Trinajstić information content (AvgIpc) is 3.01. The second kappa shape index (κ2) is 8.10. The van der Waals surface area contributed by atoms with E-state index < -0.39 is 20.6 Å². The molecule has 0 saturated heterocycles. The third kappa shape index (κ3) is 4.05. The molecule has 1 amide bonds. The molecule has 8 heteroatoms. The molecule has 2 aromatic carbocycles. The van der Waals surface area contributed by atoms with Crippen LogP contribution in [0.2, 0.25) is 0 Å². The Morgan fingerprint density at radius 1 is 1.17 bits per heavy atom. The largest absolute Gasteiger partial charge is 0.494 e. The number of hydrogen-bond donors (Lipinski definition) is 1. The predicted molar refractivity (Wildman–Crippen MR) is 113 cm³/mol. The topological polar surface area (TPSA) is 101 Å². The van der Waals surface area contributed by atoms with Crippen molar-refractivity contribution in [3.05, 3.63) is 53.6 Å². The van der Waals surface area contributed by atoms with Crippen LogP contribution in [-0.4, -0.2) is 54.5 Å². The van der Waals surface area contributed by atoms with Crippen molar-refractivity contribution in [3.63, 3.8) is 0 Å². The molecule has 1 aliphatic heterocycles. The van der Waals surface area contributed by atoms with E-state index in [2.05, 4.69) is 0 Å². The first-order chi connectivity index (χ1) is 14.1. The number of hydrogen-bond acceptors (Lipinski definition) is 5. The van der Waals surface area contributed by atoms with Crippen LogP contribution in [0.3, 0.4) is 0 Å². The van der Waals surface area contributed by atoms with Gasteiger partial charge in [-0.3, -0.25) is 9.59 Å². The fourth-order valence-electron chi connectivity index (χ4n) is 3.45. The SMILES string of the molecule is CCOc1ccc(-c2ccc3c(c2)CN(CCC(C)(C(=O)O)S(C)(=O)=O)C3=O)cc1. The van der Waals surface area contributed by atoms with Crippen molar-refractivity contribution in [1.82, 2.24) is 4.90 Å². The summed E-state index contributed by atoms with van der Waals surface area (Å²) >= 11 is 0. The summed E-state index contributed by atoms with van der Waals surface area (Å²) in [6, 6.07) is 13.3. The van der Waals surface area contributed by atoms with Crippen LogP contribution in [0.25, 0.3) is 11.1 Å². The summed E-state index contributed by atoms with van der Waals surface area (Å²) < 4.78 is 27.5. The standard InChI is InChI=1S/C22H25NO6S/c1-4-29-18-8-5-15(6-9-18)16-7-10-19-17(13-16)14-23(20(19)24)12-11-22(2,21(25)26)30(3,27)28/h5-10,13H,4,11-12,14H2,1-3H3,(H,25,26). The van der Waals surface area contributed by atoms with E-state index in [0.717, 1.165) is 28.7 Å². The second-order valence-electron chi connectivity index (χ2n) is 7.61. The first kappa shape index (κ1) is 21.8. The third-order valence-corrected chi connectivity index (χ3v) is 7.63. The van der Waals surface area contributed by atoms with Crippen LogP contribution in [0.15, 0.2) is 42.5 Å². The Morgan fingerprint density at radius 2 is 1.80 bits per heavy atom. The Labute approximate surface area is 176 Å². The van der Waals surface area contributed by atoms with Gasteiger partial charge < -0.3 is 14.7 Å². The zero-order valence-electron chi connectivity index (χ0n) is 17.2. The van der Waals surface area contributed by atoms with Crippen LogP contribution in [0.1, 0.15) is 36.2 Å². The molecule has 2 aromatic rings. The lowest BCUT2D eigenvalue weighted by atomic mass is 10.0. The molecule has 1 heterocycles. The zero-order chi connectivity index (χ0) is 22.1. The van der Waals surface area contributed by atoms with Crippen molar-refractivity contribution < 1.29 is 27.9 Å². The Bertz CT molecular complexity index is 1080. The van der Waals surface area contributed by atoms with Gasteiger partial charge in [-0.1, -0.05) is 18.2 Å². The molecule has 1 unspecified atom stereocenters. The van der Waals surface area contributed by atoms with Crippen LogP contribution in [0.4, 0.5) is 0 Å². The van der Waals surface area contributed by atoms with Crippen LogP contribution >= 0.6 is 0 Å². The molecular weight excluding hydrogens is 406 g/mol. The number of carboxylic acid groups (broad SMARTS) is 1. The van der Waals surface area contributed by atoms with Gasteiger partial charge in [0.15, 0.2) is 14.6 Å². The minimum absolute atomic E-state index is 0.0434. The van der Waals surface area contributed by atoms with Crippen molar-refractivity contribution >= 4 is 21.7 Å². The summed E-state index contributed by atoms with van der Waals surface area (Å²) in [6.45, 7) is 4.06. The van der Waals surface area contributed by atoms with Gasteiger partial charge in [0, 0.05) is 24.9 Å². The summed E-state index contributed by atoms with van der Waals surface area (Å²) in [6.07, 6.45) is 0.734. The van der Waals surface area contributed by atoms with Crippen molar-refractivity contribution in [3.8, 4) is 16.9 Å². The minimum atomic E-state index is -3.84. The molecule has 0 aromatic heterocycles. The third-order valence-electron chi connectivity index (χ3n) is 5.61. The molecule has 0 aliphatic carbocycles. The number of carboxylic acids is 1. The molecule has 1 aliphatic rings. The van der Waals surface area contributed by atoms with Gasteiger partial charge in [-0.25, -0.2) is 8.42 Å². The van der Waals surface area contributed by atoms with Gasteiger partial charge in [0.1, 0.15) is 5.75 Å². The number of amides is 1. The lowest BCUT2D eigenvalue weighted by molar-refractivity contribution is -0.139. The Hall–Kier alpha value is -2.87. The molecule has 0 bridgehead atoms. The molecular formula is C22H25NO6S. The molecule has 0 saturated carbocycles. The van der Waals surface area contributed by atoms with E-state index in [9.17, 15) is 23.1 Å². The molecule has 160 valence electrons. The van der Waals surface area contributed by atoms with E-state index in [4.69, 9.17) is 4.74 Å². The van der Waals surface area contributed by atoms with Crippen molar-refractivity contribution in [2.75, 3.05) is 19.4 Å². The number of carbonyl (C=O) groups is 2. The summed E-state index contributed by atoms with van der Waals surface area (Å²) in [5.74, 6) is -0.840. The molecule has 30 heavy (non-hydrogen) atoms. The number of carbonyl (C=O) groups excluding carboxylic acids is 1. The maximum absolute atomic E-state index is 12.7. The zero-order valence-corrected chi connectivity index (χ0v) is 18.0. The predicted octanol–water partition coefficient (Wildman–Crippen LogP) is 2.99. The first-order valence-electron chi connectivity index (χ1n) is 9.65. The Kier molecular flexibility index (Phi) is 5.90. The molecule has 1 atom stereocenters. The molecule has 0 spiro atoms. The summed E-state index contributed by atoms with van der Waals surface area (Å²) in [5.41, 5.74) is 3.34. The highest BCUT2D eigenvalue weighted by atomic mass is 32.2. The van der Waals surface area contributed by atoms with Crippen molar-refractivity contribution in [2.24, 2.45) is 0 Å². The highest BCUT2D eigenvalue weighted by Crippen LogP contribution is 2.31. The lowest BCUT2D eigenvalue weighted by Crippen LogP contribution is -2.45. The van der Waals surface area contributed by atoms with Gasteiger partial charge >= 0.3 is 5.97 Å². The smallest absolute Gasteiger partial charge is 0.324 e. The van der Waals surface area contributed by atoms with Gasteiger partial charge in [-0.2, -0.15) is 0 Å². The van der Waals surface area contributed by atoms with Gasteiger partial charge in [0.05, 0.1) is 6.61 Å². The van der Waals surface area contributed by atoms with Gasteiger partial charge in [-0.15, -0.1) is 0 Å². The van der Waals surface area contributed by atoms with E-state index >= 15 is 0 Å². The van der Waals surface area contributed by atoms with E-state index in [0.29, 0.717) is 18.7 Å². The highest BCUT2D eigenvalue weighted by Gasteiger charge is 2.44. The van der Waals surface area contributed by atoms with E-state index in [1.165, 1.54) is 11.8 Å². The normalized spacial score (nSPS) is 15.6. The fourth-order valence-corrected chi connectivity index (χ4v) is 4.23. The Balaban J connectivity index is 1.77. The van der Waals surface area contributed by atoms with Gasteiger partial charge in [0.25, 0.3) is 5.91 Å². The maximum atomic E-state index is 12.7. The number of sulfone groups is 1. The van der Waals surface area contributed by atoms with Crippen molar-refractivity contribution in [2.45, 2.75) is 31.6 Å². The Morgan fingerprint density at radius 3 is 2.37 bits per heavy atom. The number of nitrogens with zero attached hydrogens (tertiary/aromatic N) is 1. The summed E-state index contributed by atoms with van der Waals surface area (Å²) in [5, 5.41) is 9.41. The quantitative estimate of drug-likeness (QED) is 0.690. The van der Waals surface area contributed by atoms with Crippen LogP contribution < -0.4 is 4.74 Å². The second-order valence-corrected chi connectivity index (χ2v) is 10.1. The van der Waals surface area contributed by atoms with E-state index in [-0.39, 0.29) is 18.9 Å². The van der Waals surface area contributed by atoms with Crippen LogP contribution in [-0.2, 0) is 21.2 Å². The average molecular weight is 432 g/mol. The highest BCUT2D eigenvalue weighted by molar-refractivity contribution is 7.92. The van der Waals surface area contributed by atoms with Crippen LogP contribution in [0.5, 0.6) is 5.75 Å². The monoisotopic (exact) mass is 431 g/mol. The van der Waals surface area contributed by atoms with Crippen LogP contribution in [0, 0.1) is 0 Å². The number of fused-ring (bicyclic) bond motifs is 1. The number of ether oxygens (including phenoxy) is 1. The number of benzene rings is 2. The molecule has 7 nitrogen and oxygen atoms in total. The van der Waals surface area contributed by atoms with E-state index in [1.807, 2.05) is 43.3 Å². The van der Waals surface area contributed by atoms with Crippen molar-refractivity contribution in [1.29, 1.82) is 0 Å². The maximum Gasteiger partial charge on any atom is 0.324 e. The minimum Gasteiger partial charge on any atom is -0.494 e. The molecule has 0 fully saturated rings. The van der Waals surface area contributed by atoms with E-state index in [1.54, 1.807) is 6.07 Å².